The summed E-state index contributed by atoms with van der Waals surface area (Å²) in [5.41, 5.74) is 5.05. The molecule has 23 heavy (non-hydrogen) atoms. The van der Waals surface area contributed by atoms with Crippen LogP contribution in [0, 0.1) is 0 Å². The molecule has 0 fully saturated rings. The zero-order valence-electron chi connectivity index (χ0n) is 12.1. The first kappa shape index (κ1) is 12.3. The summed E-state index contributed by atoms with van der Waals surface area (Å²) in [7, 11) is 0. The van der Waals surface area contributed by atoms with Gasteiger partial charge >= 0.3 is 0 Å². The Morgan fingerprint density at radius 1 is 0.696 bits per heavy atom. The number of hydrogen-bond acceptors (Lipinski definition) is 4. The average Bonchev–Trinajstić information content (AvgIpc) is 3.00. The molecule has 4 nitrogen and oxygen atoms in total. The number of fused-ring (bicyclic) bond motifs is 4. The molecular formula is C19H11N3O. The number of benzene rings is 1. The molecule has 0 N–H and O–H groups in total. The lowest BCUT2D eigenvalue weighted by molar-refractivity contribution is 0.668. The molecule has 0 aliphatic carbocycles. The second-order valence-corrected chi connectivity index (χ2v) is 5.36. The van der Waals surface area contributed by atoms with Crippen molar-refractivity contribution in [2.24, 2.45) is 0 Å². The highest BCUT2D eigenvalue weighted by molar-refractivity contribution is 6.10. The number of furan rings is 1. The Hall–Kier alpha value is -3.27. The van der Waals surface area contributed by atoms with Gasteiger partial charge in [0.1, 0.15) is 11.3 Å². The third-order valence-electron chi connectivity index (χ3n) is 4.05. The summed E-state index contributed by atoms with van der Waals surface area (Å²) in [5, 5.41) is 2.16. The van der Waals surface area contributed by atoms with Crippen LogP contribution in [0.25, 0.3) is 44.2 Å². The maximum atomic E-state index is 6.08. The maximum Gasteiger partial charge on any atom is 0.161 e. The predicted octanol–water partition coefficient (Wildman–Crippen LogP) is 4.59. The minimum atomic E-state index is 0.784. The van der Waals surface area contributed by atoms with Crippen molar-refractivity contribution in [2.45, 2.75) is 0 Å². The Balaban J connectivity index is 1.93. The smallest absolute Gasteiger partial charge is 0.161 e. The maximum absolute atomic E-state index is 6.08. The average molecular weight is 297 g/mol. The van der Waals surface area contributed by atoms with Crippen molar-refractivity contribution in [3.05, 3.63) is 67.1 Å². The van der Waals surface area contributed by atoms with Gasteiger partial charge in [0.25, 0.3) is 0 Å². The van der Waals surface area contributed by atoms with Crippen LogP contribution in [0.15, 0.2) is 71.5 Å². The highest BCUT2D eigenvalue weighted by atomic mass is 16.3. The van der Waals surface area contributed by atoms with Gasteiger partial charge in [-0.1, -0.05) is 18.2 Å². The Labute approximate surface area is 131 Å². The van der Waals surface area contributed by atoms with Crippen LogP contribution in [-0.4, -0.2) is 15.0 Å². The van der Waals surface area contributed by atoms with Gasteiger partial charge in [-0.25, -0.2) is 0 Å². The van der Waals surface area contributed by atoms with E-state index < -0.39 is 0 Å². The Morgan fingerprint density at radius 3 is 2.61 bits per heavy atom. The van der Waals surface area contributed by atoms with Gasteiger partial charge in [0.05, 0.1) is 11.0 Å². The third kappa shape index (κ3) is 1.75. The normalized spacial score (nSPS) is 11.5. The van der Waals surface area contributed by atoms with Crippen LogP contribution in [0.2, 0.25) is 0 Å². The molecule has 4 heterocycles. The molecule has 0 aliphatic heterocycles. The van der Waals surface area contributed by atoms with Crippen LogP contribution >= 0.6 is 0 Å². The molecule has 0 atom stereocenters. The fourth-order valence-electron chi connectivity index (χ4n) is 3.01. The van der Waals surface area contributed by atoms with E-state index >= 15 is 0 Å². The monoisotopic (exact) mass is 297 g/mol. The topological polar surface area (TPSA) is 51.8 Å². The quantitative estimate of drug-likeness (QED) is 0.454. The molecule has 5 rings (SSSR count). The van der Waals surface area contributed by atoms with E-state index in [1.165, 1.54) is 0 Å². The van der Waals surface area contributed by atoms with Crippen LogP contribution in [0.5, 0.6) is 0 Å². The van der Waals surface area contributed by atoms with Crippen LogP contribution in [0.4, 0.5) is 0 Å². The number of pyridine rings is 3. The second kappa shape index (κ2) is 4.61. The number of aromatic nitrogens is 3. The highest BCUT2D eigenvalue weighted by Crippen LogP contribution is 2.35. The van der Waals surface area contributed by atoms with Gasteiger partial charge in [0.2, 0.25) is 0 Å². The molecule has 4 aromatic heterocycles. The van der Waals surface area contributed by atoms with Crippen LogP contribution < -0.4 is 0 Å². The van der Waals surface area contributed by atoms with Crippen molar-refractivity contribution in [3.63, 3.8) is 0 Å². The zero-order chi connectivity index (χ0) is 15.2. The molecule has 0 saturated carbocycles. The lowest BCUT2D eigenvalue weighted by Gasteiger charge is -2.04. The summed E-state index contributed by atoms with van der Waals surface area (Å²) in [4.78, 5) is 13.4. The van der Waals surface area contributed by atoms with E-state index in [0.717, 1.165) is 44.2 Å². The van der Waals surface area contributed by atoms with Gasteiger partial charge in [-0.2, -0.15) is 0 Å². The number of nitrogens with zero attached hydrogens (tertiary/aromatic N) is 3. The van der Waals surface area contributed by atoms with Gasteiger partial charge < -0.3 is 4.42 Å². The molecule has 0 aliphatic rings. The van der Waals surface area contributed by atoms with Crippen LogP contribution in [0.3, 0.4) is 0 Å². The van der Waals surface area contributed by atoms with Gasteiger partial charge in [-0.15, -0.1) is 0 Å². The van der Waals surface area contributed by atoms with E-state index in [-0.39, 0.29) is 0 Å². The summed E-state index contributed by atoms with van der Waals surface area (Å²) in [6.07, 6.45) is 5.36. The van der Waals surface area contributed by atoms with Gasteiger partial charge in [0.15, 0.2) is 5.58 Å². The molecule has 5 aromatic rings. The van der Waals surface area contributed by atoms with Gasteiger partial charge in [-0.05, 0) is 30.3 Å². The summed E-state index contributed by atoms with van der Waals surface area (Å²) >= 11 is 0. The lowest BCUT2D eigenvalue weighted by Crippen LogP contribution is -1.89. The van der Waals surface area contributed by atoms with E-state index in [4.69, 9.17) is 4.42 Å². The van der Waals surface area contributed by atoms with Crippen molar-refractivity contribution in [1.82, 2.24) is 15.0 Å². The Kier molecular flexibility index (Phi) is 2.46. The van der Waals surface area contributed by atoms with Crippen molar-refractivity contribution in [2.75, 3.05) is 0 Å². The minimum absolute atomic E-state index is 0.784. The van der Waals surface area contributed by atoms with E-state index in [1.807, 2.05) is 48.7 Å². The van der Waals surface area contributed by atoms with E-state index in [1.54, 1.807) is 12.4 Å². The van der Waals surface area contributed by atoms with Crippen molar-refractivity contribution in [1.29, 1.82) is 0 Å². The molecule has 0 amide bonds. The van der Waals surface area contributed by atoms with E-state index in [9.17, 15) is 0 Å². The fourth-order valence-corrected chi connectivity index (χ4v) is 3.01. The molecule has 1 aromatic carbocycles. The van der Waals surface area contributed by atoms with Gasteiger partial charge in [-0.3, -0.25) is 15.0 Å². The van der Waals surface area contributed by atoms with E-state index in [0.29, 0.717) is 0 Å². The largest absolute Gasteiger partial charge is 0.454 e. The van der Waals surface area contributed by atoms with Crippen LogP contribution in [0.1, 0.15) is 0 Å². The molecule has 108 valence electrons. The summed E-state index contributed by atoms with van der Waals surface area (Å²) in [5.74, 6) is 0. The molecule has 4 heteroatoms. The lowest BCUT2D eigenvalue weighted by atomic mass is 10.1. The molecule has 0 bridgehead atoms. The SMILES string of the molecule is c1cnc2c(-c3nccc4c3oc3ccccc34)ccnc2c1. The predicted molar refractivity (Wildman–Crippen MR) is 90.0 cm³/mol. The molecule has 0 unspecified atom stereocenters. The highest BCUT2D eigenvalue weighted by Gasteiger charge is 2.15. The molecule has 0 saturated heterocycles. The first-order valence-electron chi connectivity index (χ1n) is 7.38. The first-order valence-corrected chi connectivity index (χ1v) is 7.38. The summed E-state index contributed by atoms with van der Waals surface area (Å²) < 4.78 is 6.08. The molecule has 0 spiro atoms. The standard InChI is InChI=1S/C19H11N3O/c1-2-6-16-12(4-1)13-7-11-22-18(19(13)23-16)14-8-10-20-15-5-3-9-21-17(14)15/h1-11H. The first-order chi connectivity index (χ1) is 11.4. The Morgan fingerprint density at radius 2 is 1.61 bits per heavy atom. The second-order valence-electron chi connectivity index (χ2n) is 5.36. The summed E-state index contributed by atoms with van der Waals surface area (Å²) in [6, 6.07) is 15.8. The molecule has 0 radical (unpaired) electrons. The minimum Gasteiger partial charge on any atom is -0.454 e. The number of para-hydroxylation sites is 1. The van der Waals surface area contributed by atoms with Crippen molar-refractivity contribution < 1.29 is 4.42 Å². The Bertz CT molecular complexity index is 1170. The van der Waals surface area contributed by atoms with Gasteiger partial charge in [0, 0.05) is 34.9 Å². The number of rotatable bonds is 1. The van der Waals surface area contributed by atoms with Crippen molar-refractivity contribution >= 4 is 33.0 Å². The van der Waals surface area contributed by atoms with E-state index in [2.05, 4.69) is 21.0 Å². The third-order valence-corrected chi connectivity index (χ3v) is 4.05. The fraction of sp³-hybridized carbons (Fsp3) is 0. The van der Waals surface area contributed by atoms with Crippen molar-refractivity contribution in [3.8, 4) is 11.3 Å². The van der Waals surface area contributed by atoms with Crippen LogP contribution in [-0.2, 0) is 0 Å². The molecular weight excluding hydrogens is 286 g/mol. The summed E-state index contributed by atoms with van der Waals surface area (Å²) in [6.45, 7) is 0. The number of hydrogen-bond donors (Lipinski definition) is 0. The zero-order valence-corrected chi connectivity index (χ0v) is 12.1.